The topological polar surface area (TPSA) is 70.8 Å². The van der Waals surface area contributed by atoms with Gasteiger partial charge in [-0.1, -0.05) is 12.2 Å². The number of carbonyl (C=O) groups excluding carboxylic acids is 1. The summed E-state index contributed by atoms with van der Waals surface area (Å²) in [5, 5.41) is 0. The third-order valence-electron chi connectivity index (χ3n) is 2.16. The summed E-state index contributed by atoms with van der Waals surface area (Å²) in [7, 11) is 1.50. The number of hydrogen-bond acceptors (Lipinski definition) is 5. The molecule has 1 rings (SSSR count). The molecular weight excluding hydrogens is 266 g/mol. The number of carbonyl (C=O) groups is 1. The van der Waals surface area contributed by atoms with E-state index in [2.05, 4.69) is 0 Å². The lowest BCUT2D eigenvalue weighted by Crippen LogP contribution is -2.19. The number of nitrogens with two attached hydrogens (primary N) is 1. The second-order valence-corrected chi connectivity index (χ2v) is 4.50. The molecule has 0 spiro atoms. The van der Waals surface area contributed by atoms with Gasteiger partial charge in [-0.05, 0) is 32.0 Å². The number of ether oxygens (including phenoxy) is 3. The molecule has 19 heavy (non-hydrogen) atoms. The van der Waals surface area contributed by atoms with Gasteiger partial charge in [-0.25, -0.2) is 4.79 Å². The molecule has 104 valence electrons. The van der Waals surface area contributed by atoms with Crippen molar-refractivity contribution in [3.8, 4) is 11.5 Å². The monoisotopic (exact) mass is 283 g/mol. The molecule has 1 aromatic rings. The Balaban J connectivity index is 2.73. The van der Waals surface area contributed by atoms with E-state index in [4.69, 9.17) is 32.2 Å². The lowest BCUT2D eigenvalue weighted by atomic mass is 10.2. The van der Waals surface area contributed by atoms with Crippen molar-refractivity contribution in [2.24, 2.45) is 5.73 Å². The largest absolute Gasteiger partial charge is 0.493 e. The van der Waals surface area contributed by atoms with Gasteiger partial charge in [-0.3, -0.25) is 0 Å². The van der Waals surface area contributed by atoms with Crippen LogP contribution in [0, 0.1) is 0 Å². The fraction of sp³-hybridized carbons (Fsp3) is 0.385. The molecule has 0 fully saturated rings. The van der Waals surface area contributed by atoms with Gasteiger partial charge in [0.2, 0.25) is 0 Å². The fourth-order valence-electron chi connectivity index (χ4n) is 1.37. The van der Waals surface area contributed by atoms with E-state index >= 15 is 0 Å². The SMILES string of the molecule is COc1cc(C(N)=S)ccc1OCC(=O)OC(C)C. The van der Waals surface area contributed by atoms with Gasteiger partial charge in [-0.15, -0.1) is 0 Å². The molecule has 0 aliphatic heterocycles. The molecule has 0 bridgehead atoms. The van der Waals surface area contributed by atoms with Crippen LogP contribution >= 0.6 is 12.2 Å². The first-order chi connectivity index (χ1) is 8.93. The minimum atomic E-state index is -0.435. The third kappa shape index (κ3) is 4.75. The van der Waals surface area contributed by atoms with Gasteiger partial charge < -0.3 is 19.9 Å². The van der Waals surface area contributed by atoms with Gasteiger partial charge in [0.05, 0.1) is 13.2 Å². The van der Waals surface area contributed by atoms with Crippen LogP contribution in [-0.2, 0) is 9.53 Å². The van der Waals surface area contributed by atoms with E-state index in [9.17, 15) is 4.79 Å². The third-order valence-corrected chi connectivity index (χ3v) is 2.40. The molecular formula is C13H17NO4S. The van der Waals surface area contributed by atoms with Gasteiger partial charge in [0.1, 0.15) is 4.99 Å². The summed E-state index contributed by atoms with van der Waals surface area (Å²) in [6.07, 6.45) is -0.171. The zero-order valence-corrected chi connectivity index (χ0v) is 12.0. The van der Waals surface area contributed by atoms with Crippen LogP contribution in [0.15, 0.2) is 18.2 Å². The minimum Gasteiger partial charge on any atom is -0.493 e. The van der Waals surface area contributed by atoms with Crippen molar-refractivity contribution >= 4 is 23.2 Å². The average Bonchev–Trinajstić information content (AvgIpc) is 2.35. The number of thiocarbonyl (C=S) groups is 1. The molecule has 0 unspecified atom stereocenters. The van der Waals surface area contributed by atoms with Crippen LogP contribution in [0.25, 0.3) is 0 Å². The van der Waals surface area contributed by atoms with Crippen molar-refractivity contribution in [3.63, 3.8) is 0 Å². The van der Waals surface area contributed by atoms with Crippen LogP contribution in [-0.4, -0.2) is 30.8 Å². The molecule has 0 aromatic heterocycles. The van der Waals surface area contributed by atoms with Crippen LogP contribution < -0.4 is 15.2 Å². The Kier molecular flexibility index (Phi) is 5.57. The van der Waals surface area contributed by atoms with Gasteiger partial charge in [0, 0.05) is 5.56 Å². The molecule has 0 radical (unpaired) electrons. The summed E-state index contributed by atoms with van der Waals surface area (Å²) >= 11 is 4.87. The summed E-state index contributed by atoms with van der Waals surface area (Å²) < 4.78 is 15.5. The molecule has 0 amide bonds. The molecule has 6 heteroatoms. The first-order valence-corrected chi connectivity index (χ1v) is 6.15. The van der Waals surface area contributed by atoms with Gasteiger partial charge in [0.15, 0.2) is 18.1 Å². The summed E-state index contributed by atoms with van der Waals surface area (Å²) in [5.74, 6) is 0.460. The lowest BCUT2D eigenvalue weighted by molar-refractivity contribution is -0.149. The summed E-state index contributed by atoms with van der Waals surface area (Å²) in [5.41, 5.74) is 6.20. The van der Waals surface area contributed by atoms with E-state index in [1.807, 2.05) is 0 Å². The highest BCUT2D eigenvalue weighted by atomic mass is 32.1. The number of esters is 1. The standard InChI is InChI=1S/C13H17NO4S/c1-8(2)18-12(15)7-17-10-5-4-9(13(14)19)6-11(10)16-3/h4-6,8H,7H2,1-3H3,(H2,14,19). The molecule has 0 aliphatic rings. The smallest absolute Gasteiger partial charge is 0.344 e. The van der Waals surface area contributed by atoms with E-state index in [1.54, 1.807) is 32.0 Å². The van der Waals surface area contributed by atoms with E-state index in [-0.39, 0.29) is 17.7 Å². The Morgan fingerprint density at radius 3 is 2.58 bits per heavy atom. The Morgan fingerprint density at radius 2 is 2.05 bits per heavy atom. The quantitative estimate of drug-likeness (QED) is 0.632. The van der Waals surface area contributed by atoms with Crippen molar-refractivity contribution in [2.45, 2.75) is 20.0 Å². The van der Waals surface area contributed by atoms with E-state index < -0.39 is 5.97 Å². The Hall–Kier alpha value is -1.82. The van der Waals surface area contributed by atoms with Crippen LogP contribution in [0.1, 0.15) is 19.4 Å². The Morgan fingerprint density at radius 1 is 1.37 bits per heavy atom. The van der Waals surface area contributed by atoms with E-state index in [0.717, 1.165) is 0 Å². The van der Waals surface area contributed by atoms with Crippen molar-refractivity contribution in [3.05, 3.63) is 23.8 Å². The highest BCUT2D eigenvalue weighted by Crippen LogP contribution is 2.28. The van der Waals surface area contributed by atoms with Crippen LogP contribution in [0.3, 0.4) is 0 Å². The number of rotatable bonds is 6. The maximum atomic E-state index is 11.4. The average molecular weight is 283 g/mol. The zero-order valence-electron chi connectivity index (χ0n) is 11.1. The highest BCUT2D eigenvalue weighted by molar-refractivity contribution is 7.80. The number of benzene rings is 1. The minimum absolute atomic E-state index is 0.171. The number of methoxy groups -OCH3 is 1. The fourth-order valence-corrected chi connectivity index (χ4v) is 1.50. The zero-order chi connectivity index (χ0) is 14.4. The molecule has 0 atom stereocenters. The highest BCUT2D eigenvalue weighted by Gasteiger charge is 2.11. The first kappa shape index (κ1) is 15.2. The first-order valence-electron chi connectivity index (χ1n) is 5.74. The van der Waals surface area contributed by atoms with E-state index in [0.29, 0.717) is 17.1 Å². The van der Waals surface area contributed by atoms with Crippen LogP contribution in [0.4, 0.5) is 0 Å². The normalized spacial score (nSPS) is 10.1. The second kappa shape index (κ2) is 6.94. The van der Waals surface area contributed by atoms with Crippen LogP contribution in [0.2, 0.25) is 0 Å². The predicted octanol–water partition coefficient (Wildman–Crippen LogP) is 1.66. The van der Waals surface area contributed by atoms with Crippen LogP contribution in [0.5, 0.6) is 11.5 Å². The van der Waals surface area contributed by atoms with Crippen molar-refractivity contribution in [1.29, 1.82) is 0 Å². The van der Waals surface area contributed by atoms with Crippen molar-refractivity contribution < 1.29 is 19.0 Å². The molecule has 2 N–H and O–H groups in total. The molecule has 0 saturated heterocycles. The summed E-state index contributed by atoms with van der Waals surface area (Å²) in [6, 6.07) is 5.01. The molecule has 5 nitrogen and oxygen atoms in total. The van der Waals surface area contributed by atoms with Crippen molar-refractivity contribution in [2.75, 3.05) is 13.7 Å². The Bertz CT molecular complexity index is 474. The molecule has 1 aromatic carbocycles. The summed E-state index contributed by atoms with van der Waals surface area (Å²) in [6.45, 7) is 3.37. The molecule has 0 saturated carbocycles. The number of hydrogen-bond donors (Lipinski definition) is 1. The van der Waals surface area contributed by atoms with Gasteiger partial charge in [0.25, 0.3) is 0 Å². The Labute approximate surface area is 117 Å². The molecule has 0 aliphatic carbocycles. The molecule has 0 heterocycles. The van der Waals surface area contributed by atoms with Gasteiger partial charge in [-0.2, -0.15) is 0 Å². The van der Waals surface area contributed by atoms with Gasteiger partial charge >= 0.3 is 5.97 Å². The maximum Gasteiger partial charge on any atom is 0.344 e. The lowest BCUT2D eigenvalue weighted by Gasteiger charge is -2.12. The maximum absolute atomic E-state index is 11.4. The summed E-state index contributed by atoms with van der Waals surface area (Å²) in [4.78, 5) is 11.6. The van der Waals surface area contributed by atoms with Crippen molar-refractivity contribution in [1.82, 2.24) is 0 Å². The van der Waals surface area contributed by atoms with E-state index in [1.165, 1.54) is 7.11 Å². The predicted molar refractivity (Wildman–Crippen MR) is 75.6 cm³/mol. The second-order valence-electron chi connectivity index (χ2n) is 4.06.